The fourth-order valence-electron chi connectivity index (χ4n) is 2.95. The van der Waals surface area contributed by atoms with E-state index in [0.29, 0.717) is 11.3 Å². The molecule has 3 heteroatoms. The predicted molar refractivity (Wildman–Crippen MR) is 90.4 cm³/mol. The molecule has 0 saturated heterocycles. The number of fused-ring (bicyclic) bond motifs is 1. The second-order valence-corrected chi connectivity index (χ2v) is 5.83. The van der Waals surface area contributed by atoms with Crippen molar-refractivity contribution in [2.45, 2.75) is 19.3 Å². The van der Waals surface area contributed by atoms with Crippen molar-refractivity contribution in [1.82, 2.24) is 0 Å². The molecule has 0 saturated carbocycles. The van der Waals surface area contributed by atoms with E-state index in [-0.39, 0.29) is 11.5 Å². The molecule has 4 rings (SSSR count). The lowest BCUT2D eigenvalue weighted by Crippen LogP contribution is -1.98. The molecule has 0 aliphatic heterocycles. The number of hydrogen-bond acceptors (Lipinski definition) is 3. The summed E-state index contributed by atoms with van der Waals surface area (Å²) in [6.07, 6.45) is 7.42. The zero-order valence-electron chi connectivity index (χ0n) is 12.8. The molecule has 0 N–H and O–H groups in total. The van der Waals surface area contributed by atoms with Gasteiger partial charge in [0.05, 0.1) is 0 Å². The summed E-state index contributed by atoms with van der Waals surface area (Å²) in [4.78, 5) is 11.8. The molecule has 114 valence electrons. The standard InChI is InChI=1S/C20H16O3/c1-13-6-8-14(9-7-13)17-10-11-19(22-17)16-12-20(21)23-18-5-3-2-4-15(16)18/h2-8,10-12,14H,9H2,1H3. The van der Waals surface area contributed by atoms with Crippen molar-refractivity contribution in [2.24, 2.45) is 0 Å². The maximum absolute atomic E-state index is 11.8. The van der Waals surface area contributed by atoms with Gasteiger partial charge in [0, 0.05) is 22.9 Å². The molecule has 0 spiro atoms. The van der Waals surface area contributed by atoms with Crippen molar-refractivity contribution in [3.05, 3.63) is 82.4 Å². The third-order valence-electron chi connectivity index (χ3n) is 4.19. The van der Waals surface area contributed by atoms with Gasteiger partial charge in [-0.05, 0) is 31.5 Å². The van der Waals surface area contributed by atoms with Crippen molar-refractivity contribution in [1.29, 1.82) is 0 Å². The van der Waals surface area contributed by atoms with Crippen LogP contribution in [-0.2, 0) is 0 Å². The quantitative estimate of drug-likeness (QED) is 0.623. The van der Waals surface area contributed by atoms with E-state index in [1.54, 1.807) is 6.07 Å². The molecular formula is C20H16O3. The summed E-state index contributed by atoms with van der Waals surface area (Å²) in [5.41, 5.74) is 2.26. The van der Waals surface area contributed by atoms with Gasteiger partial charge < -0.3 is 8.83 Å². The minimum atomic E-state index is -0.368. The van der Waals surface area contributed by atoms with Crippen LogP contribution in [-0.4, -0.2) is 0 Å². The van der Waals surface area contributed by atoms with Crippen LogP contribution in [0.4, 0.5) is 0 Å². The van der Waals surface area contributed by atoms with Gasteiger partial charge in [-0.3, -0.25) is 0 Å². The van der Waals surface area contributed by atoms with Crippen LogP contribution >= 0.6 is 0 Å². The van der Waals surface area contributed by atoms with Crippen LogP contribution in [0.5, 0.6) is 0 Å². The van der Waals surface area contributed by atoms with Gasteiger partial charge in [-0.2, -0.15) is 0 Å². The van der Waals surface area contributed by atoms with Gasteiger partial charge in [-0.15, -0.1) is 0 Å². The summed E-state index contributed by atoms with van der Waals surface area (Å²) in [5, 5.41) is 0.878. The van der Waals surface area contributed by atoms with Crippen molar-refractivity contribution in [3.63, 3.8) is 0 Å². The molecule has 0 bridgehead atoms. The van der Waals surface area contributed by atoms with Crippen LogP contribution in [0, 0.1) is 0 Å². The highest BCUT2D eigenvalue weighted by Crippen LogP contribution is 2.33. The average Bonchev–Trinajstić information content (AvgIpc) is 3.04. The Bertz CT molecular complexity index is 985. The summed E-state index contributed by atoms with van der Waals surface area (Å²) < 4.78 is 11.3. The van der Waals surface area contributed by atoms with E-state index >= 15 is 0 Å². The molecule has 1 unspecified atom stereocenters. The number of hydrogen-bond donors (Lipinski definition) is 0. The smallest absolute Gasteiger partial charge is 0.336 e. The molecule has 3 nitrogen and oxygen atoms in total. The van der Waals surface area contributed by atoms with Crippen LogP contribution in [0.15, 0.2) is 79.9 Å². The van der Waals surface area contributed by atoms with Gasteiger partial charge in [0.15, 0.2) is 0 Å². The zero-order valence-corrected chi connectivity index (χ0v) is 12.8. The molecule has 0 fully saturated rings. The molecule has 1 aliphatic carbocycles. The van der Waals surface area contributed by atoms with Crippen LogP contribution in [0.1, 0.15) is 25.0 Å². The first-order valence-electron chi connectivity index (χ1n) is 7.69. The van der Waals surface area contributed by atoms with Gasteiger partial charge in [-0.25, -0.2) is 4.79 Å². The maximum Gasteiger partial charge on any atom is 0.336 e. The molecule has 0 amide bonds. The SMILES string of the molecule is CC1=CCC(c2ccc(-c3cc(=O)oc4ccccc34)o2)C=C1. The Hall–Kier alpha value is -2.81. The Kier molecular flexibility index (Phi) is 3.27. The topological polar surface area (TPSA) is 43.4 Å². The highest BCUT2D eigenvalue weighted by atomic mass is 16.4. The van der Waals surface area contributed by atoms with Gasteiger partial charge in [0.25, 0.3) is 0 Å². The van der Waals surface area contributed by atoms with Gasteiger partial charge >= 0.3 is 5.63 Å². The third kappa shape index (κ3) is 2.55. The van der Waals surface area contributed by atoms with Crippen molar-refractivity contribution < 1.29 is 8.83 Å². The summed E-state index contributed by atoms with van der Waals surface area (Å²) >= 11 is 0. The second kappa shape index (κ2) is 5.43. The van der Waals surface area contributed by atoms with E-state index in [1.165, 1.54) is 11.6 Å². The van der Waals surface area contributed by atoms with Crippen molar-refractivity contribution >= 4 is 11.0 Å². The van der Waals surface area contributed by atoms with Crippen molar-refractivity contribution in [2.75, 3.05) is 0 Å². The zero-order chi connectivity index (χ0) is 15.8. The fourth-order valence-corrected chi connectivity index (χ4v) is 2.95. The summed E-state index contributed by atoms with van der Waals surface area (Å²) in [5.74, 6) is 1.86. The minimum absolute atomic E-state index is 0.249. The first-order valence-corrected chi connectivity index (χ1v) is 7.69. The first-order chi connectivity index (χ1) is 11.2. The maximum atomic E-state index is 11.8. The number of furan rings is 1. The molecular weight excluding hydrogens is 288 g/mol. The lowest BCUT2D eigenvalue weighted by Gasteiger charge is -2.12. The van der Waals surface area contributed by atoms with E-state index in [9.17, 15) is 4.79 Å². The first kappa shape index (κ1) is 13.8. The highest BCUT2D eigenvalue weighted by molar-refractivity contribution is 5.91. The molecule has 1 atom stereocenters. The Morgan fingerprint density at radius 1 is 1.09 bits per heavy atom. The summed E-state index contributed by atoms with van der Waals surface area (Å²) in [6.45, 7) is 2.09. The van der Waals surface area contributed by atoms with Gasteiger partial charge in [0.1, 0.15) is 17.1 Å². The summed E-state index contributed by atoms with van der Waals surface area (Å²) in [6, 6.07) is 12.9. The van der Waals surface area contributed by atoms with Gasteiger partial charge in [0.2, 0.25) is 0 Å². The monoisotopic (exact) mass is 304 g/mol. The molecule has 2 aromatic heterocycles. The van der Waals surface area contributed by atoms with Gasteiger partial charge in [-0.1, -0.05) is 42.0 Å². The fraction of sp³-hybridized carbons (Fsp3) is 0.150. The highest BCUT2D eigenvalue weighted by Gasteiger charge is 2.16. The number of para-hydroxylation sites is 1. The summed E-state index contributed by atoms with van der Waals surface area (Å²) in [7, 11) is 0. The number of rotatable bonds is 2. The third-order valence-corrected chi connectivity index (χ3v) is 4.19. The van der Waals surface area contributed by atoms with E-state index in [4.69, 9.17) is 8.83 Å². The minimum Gasteiger partial charge on any atom is -0.460 e. The molecule has 23 heavy (non-hydrogen) atoms. The molecule has 1 aromatic carbocycles. The van der Waals surface area contributed by atoms with Crippen LogP contribution < -0.4 is 5.63 Å². The molecule has 2 heterocycles. The Morgan fingerprint density at radius 2 is 1.96 bits per heavy atom. The second-order valence-electron chi connectivity index (χ2n) is 5.83. The average molecular weight is 304 g/mol. The lowest BCUT2D eigenvalue weighted by molar-refractivity contribution is 0.500. The van der Waals surface area contributed by atoms with Crippen molar-refractivity contribution in [3.8, 4) is 11.3 Å². The Labute approximate surface area is 133 Å². The van der Waals surface area contributed by atoms with Crippen LogP contribution in [0.25, 0.3) is 22.3 Å². The Balaban J connectivity index is 1.78. The van der Waals surface area contributed by atoms with E-state index in [2.05, 4.69) is 25.2 Å². The van der Waals surface area contributed by atoms with E-state index in [1.807, 2.05) is 30.3 Å². The van der Waals surface area contributed by atoms with E-state index in [0.717, 1.165) is 23.1 Å². The molecule has 0 radical (unpaired) electrons. The van der Waals surface area contributed by atoms with E-state index < -0.39 is 0 Å². The molecule has 1 aliphatic rings. The lowest BCUT2D eigenvalue weighted by atomic mass is 9.95. The normalized spacial score (nSPS) is 17.4. The largest absolute Gasteiger partial charge is 0.460 e. The number of allylic oxidation sites excluding steroid dienone is 4. The Morgan fingerprint density at radius 3 is 2.78 bits per heavy atom. The predicted octanol–water partition coefficient (Wildman–Crippen LogP) is 5.04. The number of benzene rings is 1. The molecule has 3 aromatic rings. The van der Waals surface area contributed by atoms with Crippen LogP contribution in [0.2, 0.25) is 0 Å². The van der Waals surface area contributed by atoms with Crippen LogP contribution in [0.3, 0.4) is 0 Å².